The summed E-state index contributed by atoms with van der Waals surface area (Å²) in [5, 5.41) is 25.2. The zero-order valence-electron chi connectivity index (χ0n) is 18.5. The molecule has 0 aliphatic rings. The van der Waals surface area contributed by atoms with Crippen LogP contribution in [0.25, 0.3) is 0 Å². The molecule has 0 amide bonds. The molecule has 33 heavy (non-hydrogen) atoms. The number of benzene rings is 3. The van der Waals surface area contributed by atoms with Gasteiger partial charge in [0.1, 0.15) is 0 Å². The quantitative estimate of drug-likeness (QED) is 0.250. The molecule has 0 atom stereocenters. The first-order valence-corrected chi connectivity index (χ1v) is 10.9. The Morgan fingerprint density at radius 3 is 0.970 bits per heavy atom. The van der Waals surface area contributed by atoms with Crippen LogP contribution in [0.5, 0.6) is 0 Å². The fraction of sp³-hybridized carbons (Fsp3) is 0.192. The third-order valence-electron chi connectivity index (χ3n) is 3.82. The van der Waals surface area contributed by atoms with E-state index in [2.05, 4.69) is 19.6 Å². The van der Waals surface area contributed by atoms with Crippen LogP contribution in [0.15, 0.2) is 91.0 Å². The van der Waals surface area contributed by atoms with E-state index in [0.29, 0.717) is 16.7 Å². The van der Waals surface area contributed by atoms with Crippen molar-refractivity contribution in [3.05, 3.63) is 108 Å². The van der Waals surface area contributed by atoms with Crippen molar-refractivity contribution in [3.8, 4) is 0 Å². The lowest BCUT2D eigenvalue weighted by atomic mass is 10.2. The molecule has 0 heterocycles. The van der Waals surface area contributed by atoms with E-state index in [1.165, 1.54) is 19.3 Å². The van der Waals surface area contributed by atoms with E-state index in [9.17, 15) is 14.4 Å². The summed E-state index contributed by atoms with van der Waals surface area (Å²) in [4.78, 5) is 30.6. The lowest BCUT2D eigenvalue weighted by molar-refractivity contribution is 0.0686. The van der Waals surface area contributed by atoms with Gasteiger partial charge < -0.3 is 15.3 Å². The Morgan fingerprint density at radius 2 is 0.848 bits per heavy atom. The van der Waals surface area contributed by atoms with E-state index < -0.39 is 17.9 Å². The van der Waals surface area contributed by atoms with Gasteiger partial charge in [-0.15, -0.1) is 0 Å². The molecule has 0 saturated carbocycles. The van der Waals surface area contributed by atoms with Crippen LogP contribution in [-0.4, -0.2) is 39.0 Å². The Balaban J connectivity index is 0.000000419. The number of rotatable bonds is 6. The minimum Gasteiger partial charge on any atom is -0.478 e. The van der Waals surface area contributed by atoms with Crippen LogP contribution < -0.4 is 0 Å². The maximum atomic E-state index is 10.2. The largest absolute Gasteiger partial charge is 0.478 e. The molecule has 0 aliphatic carbocycles. The van der Waals surface area contributed by atoms with Gasteiger partial charge in [0.15, 0.2) is 0 Å². The van der Waals surface area contributed by atoms with Crippen LogP contribution in [0.4, 0.5) is 0 Å². The van der Waals surface area contributed by atoms with Crippen LogP contribution >= 0.6 is 12.6 Å². The van der Waals surface area contributed by atoms with E-state index in [1.54, 1.807) is 91.0 Å². The first kappa shape index (κ1) is 29.4. The summed E-state index contributed by atoms with van der Waals surface area (Å²) in [6.07, 6.45) is 3.92. The molecular formula is C26H30O6S. The topological polar surface area (TPSA) is 112 Å². The lowest BCUT2D eigenvalue weighted by Crippen LogP contribution is -1.93. The SMILES string of the molecule is CCCCCS.O=C(O)c1ccccc1.O=C(O)c1ccccc1.O=C(O)c1ccccc1. The molecule has 0 aliphatic heterocycles. The Morgan fingerprint density at radius 1 is 0.576 bits per heavy atom. The van der Waals surface area contributed by atoms with Crippen molar-refractivity contribution in [2.45, 2.75) is 26.2 Å². The van der Waals surface area contributed by atoms with Gasteiger partial charge in [-0.1, -0.05) is 74.4 Å². The third kappa shape index (κ3) is 15.8. The standard InChI is InChI=1S/3C7H6O2.C5H12S/c3*8-7(9)6-4-2-1-3-5-6;1-2-3-4-5-6/h3*1-5H,(H,8,9);6H,2-5H2,1H3. The molecule has 0 unspecified atom stereocenters. The molecule has 0 saturated heterocycles. The Labute approximate surface area is 200 Å². The Hall–Kier alpha value is -3.58. The van der Waals surface area contributed by atoms with Crippen LogP contribution in [0, 0.1) is 0 Å². The van der Waals surface area contributed by atoms with Gasteiger partial charge >= 0.3 is 17.9 Å². The van der Waals surface area contributed by atoms with Gasteiger partial charge in [0, 0.05) is 0 Å². The first-order chi connectivity index (χ1) is 15.8. The second-order valence-electron chi connectivity index (χ2n) is 6.44. The summed E-state index contributed by atoms with van der Waals surface area (Å²) in [6, 6.07) is 24.9. The highest BCUT2D eigenvalue weighted by atomic mass is 32.1. The van der Waals surface area contributed by atoms with Gasteiger partial charge in [-0.25, -0.2) is 14.4 Å². The number of carboxylic acids is 3. The summed E-state index contributed by atoms with van der Waals surface area (Å²) in [7, 11) is 0. The zero-order chi connectivity index (χ0) is 24.9. The van der Waals surface area contributed by atoms with E-state index >= 15 is 0 Å². The second-order valence-corrected chi connectivity index (χ2v) is 6.89. The third-order valence-corrected chi connectivity index (χ3v) is 4.14. The first-order valence-electron chi connectivity index (χ1n) is 10.3. The monoisotopic (exact) mass is 470 g/mol. The summed E-state index contributed by atoms with van der Waals surface area (Å²) in [6.45, 7) is 2.20. The highest BCUT2D eigenvalue weighted by Gasteiger charge is 1.98. The van der Waals surface area contributed by atoms with Crippen molar-refractivity contribution in [1.29, 1.82) is 0 Å². The molecule has 0 radical (unpaired) electrons. The molecule has 0 aromatic heterocycles. The number of carbonyl (C=O) groups is 3. The predicted molar refractivity (Wildman–Crippen MR) is 134 cm³/mol. The molecule has 176 valence electrons. The molecule has 3 N–H and O–H groups in total. The van der Waals surface area contributed by atoms with E-state index in [-0.39, 0.29) is 0 Å². The van der Waals surface area contributed by atoms with Crippen molar-refractivity contribution in [1.82, 2.24) is 0 Å². The molecule has 0 bridgehead atoms. The van der Waals surface area contributed by atoms with Gasteiger partial charge in [-0.2, -0.15) is 12.6 Å². The number of hydrogen-bond donors (Lipinski definition) is 4. The molecule has 7 heteroatoms. The maximum Gasteiger partial charge on any atom is 0.335 e. The van der Waals surface area contributed by atoms with Crippen molar-refractivity contribution in [2.24, 2.45) is 0 Å². The van der Waals surface area contributed by atoms with Crippen LogP contribution in [0.1, 0.15) is 57.3 Å². The molecule has 6 nitrogen and oxygen atoms in total. The fourth-order valence-electron chi connectivity index (χ4n) is 2.10. The zero-order valence-corrected chi connectivity index (χ0v) is 19.4. The number of thiol groups is 1. The van der Waals surface area contributed by atoms with Gasteiger partial charge in [0.05, 0.1) is 16.7 Å². The number of hydrogen-bond acceptors (Lipinski definition) is 4. The summed E-state index contributed by atoms with van der Waals surface area (Å²) >= 11 is 4.05. The van der Waals surface area contributed by atoms with E-state index in [4.69, 9.17) is 15.3 Å². The predicted octanol–water partition coefficient (Wildman–Crippen LogP) is 6.26. The van der Waals surface area contributed by atoms with Gasteiger partial charge in [0.25, 0.3) is 0 Å². The van der Waals surface area contributed by atoms with Gasteiger partial charge in [0.2, 0.25) is 0 Å². The van der Waals surface area contributed by atoms with Crippen molar-refractivity contribution < 1.29 is 29.7 Å². The van der Waals surface area contributed by atoms with Crippen molar-refractivity contribution >= 4 is 30.5 Å². The molecule has 3 aromatic carbocycles. The number of carboxylic acid groups (broad SMARTS) is 3. The molecule has 0 fully saturated rings. The number of aromatic carboxylic acids is 3. The van der Waals surface area contributed by atoms with Gasteiger partial charge in [-0.05, 0) is 48.6 Å². The highest BCUT2D eigenvalue weighted by Crippen LogP contribution is 1.97. The summed E-state index contributed by atoms with van der Waals surface area (Å²) in [5.74, 6) is -1.59. The molecule has 3 aromatic rings. The van der Waals surface area contributed by atoms with E-state index in [0.717, 1.165) is 5.75 Å². The summed E-state index contributed by atoms with van der Waals surface area (Å²) in [5.41, 5.74) is 0.993. The Kier molecular flexibility index (Phi) is 17.1. The summed E-state index contributed by atoms with van der Waals surface area (Å²) < 4.78 is 0. The smallest absolute Gasteiger partial charge is 0.335 e. The van der Waals surface area contributed by atoms with Crippen molar-refractivity contribution in [2.75, 3.05) is 5.75 Å². The molecule has 0 spiro atoms. The molecule has 3 rings (SSSR count). The Bertz CT molecular complexity index is 794. The average Bonchev–Trinajstić information content (AvgIpc) is 2.85. The molecular weight excluding hydrogens is 440 g/mol. The fourth-order valence-corrected chi connectivity index (χ4v) is 2.33. The van der Waals surface area contributed by atoms with Crippen molar-refractivity contribution in [3.63, 3.8) is 0 Å². The highest BCUT2D eigenvalue weighted by molar-refractivity contribution is 7.80. The number of unbranched alkanes of at least 4 members (excludes halogenated alkanes) is 2. The van der Waals surface area contributed by atoms with Crippen LogP contribution in [0.3, 0.4) is 0 Å². The lowest BCUT2D eigenvalue weighted by Gasteiger charge is -1.88. The normalized spacial score (nSPS) is 8.91. The van der Waals surface area contributed by atoms with E-state index in [1.807, 2.05) is 0 Å². The van der Waals surface area contributed by atoms with Gasteiger partial charge in [-0.3, -0.25) is 0 Å². The van der Waals surface area contributed by atoms with Crippen LogP contribution in [0.2, 0.25) is 0 Å². The average molecular weight is 471 g/mol. The maximum absolute atomic E-state index is 10.2. The minimum atomic E-state index is -0.879. The second kappa shape index (κ2) is 19.1. The van der Waals surface area contributed by atoms with Crippen LogP contribution in [-0.2, 0) is 0 Å². The minimum absolute atomic E-state index is 0.331.